The summed E-state index contributed by atoms with van der Waals surface area (Å²) in [7, 11) is 3.95. The van der Waals surface area contributed by atoms with Crippen LogP contribution < -0.4 is 0 Å². The lowest BCUT2D eigenvalue weighted by Gasteiger charge is -2.26. The molecule has 1 fully saturated rings. The maximum Gasteiger partial charge on any atom is 0.228 e. The van der Waals surface area contributed by atoms with Crippen molar-refractivity contribution in [1.82, 2.24) is 24.8 Å². The van der Waals surface area contributed by atoms with Gasteiger partial charge in [-0.05, 0) is 56.7 Å². The number of rotatable bonds is 11. The molecule has 4 atom stereocenters. The van der Waals surface area contributed by atoms with Crippen LogP contribution in [0.5, 0.6) is 0 Å². The van der Waals surface area contributed by atoms with E-state index < -0.39 is 0 Å². The quantitative estimate of drug-likeness (QED) is 0.341. The Hall–Kier alpha value is -3.47. The molecule has 0 saturated carbocycles. The maximum atomic E-state index is 13.0. The fourth-order valence-electron chi connectivity index (χ4n) is 5.06. The summed E-state index contributed by atoms with van der Waals surface area (Å²) in [5.74, 6) is 6.32. The molecule has 206 valence electrons. The molecule has 0 unspecified atom stereocenters. The fraction of sp³-hybridized carbons (Fsp3) is 0.469. The molecular formula is C32H41N5O2. The summed E-state index contributed by atoms with van der Waals surface area (Å²) < 4.78 is 8.22. The summed E-state index contributed by atoms with van der Waals surface area (Å²) in [5, 5.41) is 8.56. The topological polar surface area (TPSA) is 63.5 Å². The zero-order chi connectivity index (χ0) is 27.6. The van der Waals surface area contributed by atoms with Crippen LogP contribution in [0, 0.1) is 17.8 Å². The van der Waals surface area contributed by atoms with E-state index in [-0.39, 0.29) is 30.1 Å². The summed E-state index contributed by atoms with van der Waals surface area (Å²) in [4.78, 5) is 17.0. The lowest BCUT2D eigenvalue weighted by atomic mass is 9.99. The summed E-state index contributed by atoms with van der Waals surface area (Å²) in [5.41, 5.74) is 3.15. The number of aromatic nitrogens is 3. The van der Waals surface area contributed by atoms with Crippen LogP contribution in [-0.2, 0) is 22.5 Å². The van der Waals surface area contributed by atoms with Crippen molar-refractivity contribution >= 4 is 5.91 Å². The minimum atomic E-state index is -0.168. The van der Waals surface area contributed by atoms with E-state index in [0.29, 0.717) is 18.8 Å². The Bertz CT molecular complexity index is 1230. The zero-order valence-electron chi connectivity index (χ0n) is 23.7. The molecule has 7 heteroatoms. The first-order chi connectivity index (χ1) is 18.9. The smallest absolute Gasteiger partial charge is 0.228 e. The summed E-state index contributed by atoms with van der Waals surface area (Å²) in [6.07, 6.45) is 5.66. The van der Waals surface area contributed by atoms with Gasteiger partial charge in [-0.25, -0.2) is 4.68 Å². The molecular weight excluding hydrogens is 486 g/mol. The molecule has 0 aliphatic carbocycles. The number of amides is 1. The van der Waals surface area contributed by atoms with Crippen LogP contribution >= 0.6 is 0 Å². The molecule has 2 aromatic carbocycles. The van der Waals surface area contributed by atoms with Gasteiger partial charge in [0.2, 0.25) is 5.91 Å². The molecule has 1 aliphatic heterocycles. The van der Waals surface area contributed by atoms with Crippen LogP contribution in [0.4, 0.5) is 0 Å². The number of ether oxygens (including phenoxy) is 1. The lowest BCUT2D eigenvalue weighted by molar-refractivity contribution is -0.139. The second kappa shape index (κ2) is 14.1. The Morgan fingerprint density at radius 2 is 1.74 bits per heavy atom. The monoisotopic (exact) mass is 527 g/mol. The van der Waals surface area contributed by atoms with Gasteiger partial charge in [-0.3, -0.25) is 9.69 Å². The largest absolute Gasteiger partial charge is 0.374 e. The van der Waals surface area contributed by atoms with Gasteiger partial charge in [0.1, 0.15) is 0 Å². The van der Waals surface area contributed by atoms with E-state index in [1.807, 2.05) is 61.2 Å². The Balaban J connectivity index is 1.20. The van der Waals surface area contributed by atoms with Gasteiger partial charge in [-0.1, -0.05) is 78.7 Å². The predicted octanol–water partition coefficient (Wildman–Crippen LogP) is 4.60. The lowest BCUT2D eigenvalue weighted by Crippen LogP contribution is -2.37. The van der Waals surface area contributed by atoms with E-state index >= 15 is 0 Å². The van der Waals surface area contributed by atoms with Crippen molar-refractivity contribution in [2.75, 3.05) is 27.2 Å². The first-order valence-corrected chi connectivity index (χ1v) is 14.0. The SMILES string of the molecule is C[C@H](C[C@@H]1CC[C@H]([C@@H](C)C(=O)N(C)Cc2ccccc2)O1)n1cc(C#CCN(C)CCc2ccccc2)nn1. The highest BCUT2D eigenvalue weighted by Gasteiger charge is 2.35. The minimum absolute atomic E-state index is 0.0519. The highest BCUT2D eigenvalue weighted by Crippen LogP contribution is 2.31. The zero-order valence-corrected chi connectivity index (χ0v) is 23.7. The molecule has 3 aromatic rings. The molecule has 0 bridgehead atoms. The second-order valence-corrected chi connectivity index (χ2v) is 10.8. The van der Waals surface area contributed by atoms with E-state index in [1.54, 1.807) is 4.90 Å². The molecule has 1 aromatic heterocycles. The van der Waals surface area contributed by atoms with Gasteiger partial charge in [-0.2, -0.15) is 0 Å². The Morgan fingerprint density at radius 1 is 1.05 bits per heavy atom. The van der Waals surface area contributed by atoms with Crippen molar-refractivity contribution in [1.29, 1.82) is 0 Å². The average Bonchev–Trinajstić information content (AvgIpc) is 3.62. The van der Waals surface area contributed by atoms with Crippen LogP contribution in [-0.4, -0.2) is 70.1 Å². The van der Waals surface area contributed by atoms with E-state index in [4.69, 9.17) is 4.74 Å². The van der Waals surface area contributed by atoms with Gasteiger partial charge in [0, 0.05) is 20.1 Å². The number of hydrogen-bond donors (Lipinski definition) is 0. The van der Waals surface area contributed by atoms with Crippen molar-refractivity contribution < 1.29 is 9.53 Å². The number of benzene rings is 2. The van der Waals surface area contributed by atoms with Crippen molar-refractivity contribution in [3.63, 3.8) is 0 Å². The predicted molar refractivity (Wildman–Crippen MR) is 154 cm³/mol. The molecule has 1 saturated heterocycles. The van der Waals surface area contributed by atoms with E-state index in [1.165, 1.54) is 5.56 Å². The average molecular weight is 528 g/mol. The van der Waals surface area contributed by atoms with Gasteiger partial charge in [0.05, 0.1) is 36.9 Å². The number of nitrogens with zero attached hydrogens (tertiary/aromatic N) is 5. The summed E-state index contributed by atoms with van der Waals surface area (Å²) in [6.45, 7) is 6.37. The number of carbonyl (C=O) groups excluding carboxylic acids is 1. The van der Waals surface area contributed by atoms with Crippen molar-refractivity contribution in [3.8, 4) is 11.8 Å². The third-order valence-electron chi connectivity index (χ3n) is 7.48. The summed E-state index contributed by atoms with van der Waals surface area (Å²) in [6, 6.07) is 20.7. The highest BCUT2D eigenvalue weighted by atomic mass is 16.5. The fourth-order valence-corrected chi connectivity index (χ4v) is 5.06. The molecule has 0 spiro atoms. The number of carbonyl (C=O) groups is 1. The normalized spacial score (nSPS) is 18.4. The van der Waals surface area contributed by atoms with E-state index in [2.05, 4.69) is 65.3 Å². The number of hydrogen-bond acceptors (Lipinski definition) is 5. The molecule has 1 amide bonds. The Kier molecular flexibility index (Phi) is 10.3. The van der Waals surface area contributed by atoms with Crippen molar-refractivity contribution in [2.24, 2.45) is 5.92 Å². The van der Waals surface area contributed by atoms with Crippen LogP contribution in [0.15, 0.2) is 66.9 Å². The molecule has 0 N–H and O–H groups in total. The first kappa shape index (κ1) is 28.5. The summed E-state index contributed by atoms with van der Waals surface area (Å²) >= 11 is 0. The van der Waals surface area contributed by atoms with Gasteiger partial charge in [-0.15, -0.1) is 5.10 Å². The van der Waals surface area contributed by atoms with Gasteiger partial charge in [0.15, 0.2) is 5.69 Å². The van der Waals surface area contributed by atoms with Gasteiger partial charge in [0.25, 0.3) is 0 Å². The standard InChI is InChI=1S/C32H41N5O2/c1-25(37-24-29(33-34-37)16-11-20-35(3)21-19-27-12-7-5-8-13-27)22-30-17-18-31(39-30)26(2)32(38)36(4)23-28-14-9-6-10-15-28/h5-10,12-15,24-26,30-31H,17-23H2,1-4H3/t25-,26-,30+,31-/m1/s1. The second-order valence-electron chi connectivity index (χ2n) is 10.8. The highest BCUT2D eigenvalue weighted by molar-refractivity contribution is 5.78. The molecule has 1 aliphatic rings. The minimum Gasteiger partial charge on any atom is -0.374 e. The third-order valence-corrected chi connectivity index (χ3v) is 7.48. The molecule has 7 nitrogen and oxygen atoms in total. The third kappa shape index (κ3) is 8.51. The van der Waals surface area contributed by atoms with Gasteiger partial charge < -0.3 is 9.64 Å². The molecule has 39 heavy (non-hydrogen) atoms. The Morgan fingerprint density at radius 3 is 2.46 bits per heavy atom. The van der Waals surface area contributed by atoms with Crippen LogP contribution in [0.3, 0.4) is 0 Å². The molecule has 4 rings (SSSR count). The number of likely N-dealkylation sites (N-methyl/N-ethyl adjacent to an activating group) is 1. The van der Waals surface area contributed by atoms with E-state index in [9.17, 15) is 4.79 Å². The molecule has 2 heterocycles. The first-order valence-electron chi connectivity index (χ1n) is 14.0. The van der Waals surface area contributed by atoms with Gasteiger partial charge >= 0.3 is 0 Å². The maximum absolute atomic E-state index is 13.0. The van der Waals surface area contributed by atoms with Crippen molar-refractivity contribution in [2.45, 2.75) is 64.3 Å². The van der Waals surface area contributed by atoms with E-state index in [0.717, 1.165) is 37.8 Å². The van der Waals surface area contributed by atoms with Crippen LogP contribution in [0.2, 0.25) is 0 Å². The van der Waals surface area contributed by atoms with Crippen molar-refractivity contribution in [3.05, 3.63) is 83.7 Å². The Labute approximate surface area is 233 Å². The molecule has 0 radical (unpaired) electrons. The van der Waals surface area contributed by atoms with Crippen LogP contribution in [0.25, 0.3) is 0 Å². The van der Waals surface area contributed by atoms with Crippen LogP contribution in [0.1, 0.15) is 56.0 Å².